The highest BCUT2D eigenvalue weighted by atomic mass is 32.1. The summed E-state index contributed by atoms with van der Waals surface area (Å²) in [6, 6.07) is 9.90. The van der Waals surface area contributed by atoms with E-state index in [1.165, 1.54) is 23.3 Å². The molecular formula is C19H15N5O3S. The monoisotopic (exact) mass is 393 g/mol. The van der Waals surface area contributed by atoms with E-state index in [9.17, 15) is 14.9 Å². The maximum atomic E-state index is 13.2. The van der Waals surface area contributed by atoms with Crippen molar-refractivity contribution in [3.63, 3.8) is 0 Å². The first-order valence-corrected chi connectivity index (χ1v) is 9.70. The van der Waals surface area contributed by atoms with E-state index in [2.05, 4.69) is 21.5 Å². The first kappa shape index (κ1) is 16.8. The first-order valence-electron chi connectivity index (χ1n) is 8.82. The topological polar surface area (TPSA) is 103 Å². The van der Waals surface area contributed by atoms with Gasteiger partial charge in [-0.25, -0.2) is 4.68 Å². The van der Waals surface area contributed by atoms with Gasteiger partial charge in [0.1, 0.15) is 12.4 Å². The number of aromatic nitrogens is 3. The quantitative estimate of drug-likeness (QED) is 0.538. The van der Waals surface area contributed by atoms with Gasteiger partial charge in [0.15, 0.2) is 5.78 Å². The molecule has 1 aliphatic carbocycles. The second-order valence-corrected chi connectivity index (χ2v) is 7.82. The molecule has 0 radical (unpaired) electrons. The van der Waals surface area contributed by atoms with Crippen LogP contribution in [0.5, 0.6) is 0 Å². The highest BCUT2D eigenvalue weighted by molar-refractivity contribution is 7.10. The standard InChI is InChI=1S/C19H15N5O3S/c25-15-9-12(16-2-1-7-28-16)8-14-17(15)18(23-19(22-14)20-10-21-23)11-3-5-13(6-4-11)24(26)27/h1-7,10,12,18H,8-9H2,(H,20,21,22)/t12-,18+/m0/s1. The number of rotatable bonds is 3. The second-order valence-electron chi connectivity index (χ2n) is 6.84. The minimum absolute atomic E-state index is 0.0124. The third-order valence-corrected chi connectivity index (χ3v) is 6.26. The van der Waals surface area contributed by atoms with E-state index < -0.39 is 11.0 Å². The van der Waals surface area contributed by atoms with Crippen molar-refractivity contribution in [1.82, 2.24) is 14.8 Å². The molecule has 2 aliphatic rings. The van der Waals surface area contributed by atoms with Crippen LogP contribution >= 0.6 is 11.3 Å². The molecule has 0 amide bonds. The molecule has 0 fully saturated rings. The lowest BCUT2D eigenvalue weighted by Crippen LogP contribution is -2.33. The maximum Gasteiger partial charge on any atom is 0.269 e. The number of hydrogen-bond donors (Lipinski definition) is 1. The molecule has 5 rings (SSSR count). The van der Waals surface area contributed by atoms with Crippen molar-refractivity contribution < 1.29 is 9.72 Å². The minimum atomic E-state index is -0.439. The van der Waals surface area contributed by atoms with Gasteiger partial charge in [0.25, 0.3) is 5.69 Å². The zero-order valence-electron chi connectivity index (χ0n) is 14.6. The van der Waals surface area contributed by atoms with Gasteiger partial charge in [0, 0.05) is 40.6 Å². The summed E-state index contributed by atoms with van der Waals surface area (Å²) in [6.45, 7) is 0. The summed E-state index contributed by atoms with van der Waals surface area (Å²) in [4.78, 5) is 29.2. The molecule has 9 heteroatoms. The Kier molecular flexibility index (Phi) is 3.83. The number of nitro benzene ring substituents is 1. The van der Waals surface area contributed by atoms with Crippen molar-refractivity contribution in [2.45, 2.75) is 24.8 Å². The number of carbonyl (C=O) groups excluding carboxylic acids is 1. The molecule has 0 unspecified atom stereocenters. The summed E-state index contributed by atoms with van der Waals surface area (Å²) in [6.07, 6.45) is 2.60. The normalized spacial score (nSPS) is 21.1. The van der Waals surface area contributed by atoms with Crippen LogP contribution in [0, 0.1) is 10.1 Å². The average Bonchev–Trinajstić information content (AvgIpc) is 3.38. The Morgan fingerprint density at radius 3 is 2.75 bits per heavy atom. The summed E-state index contributed by atoms with van der Waals surface area (Å²) in [7, 11) is 0. The van der Waals surface area contributed by atoms with Crippen LogP contribution in [0.25, 0.3) is 0 Å². The van der Waals surface area contributed by atoms with Crippen LogP contribution in [0.15, 0.2) is 59.4 Å². The van der Waals surface area contributed by atoms with Crippen molar-refractivity contribution in [2.75, 3.05) is 5.32 Å². The smallest absolute Gasteiger partial charge is 0.269 e. The SMILES string of the molecule is O=C1C[C@@H](c2cccs2)CC2=C1[C@@H](c1ccc([N+](=O)[O-])cc1)n1ncnc1N2. The van der Waals surface area contributed by atoms with Crippen molar-refractivity contribution in [3.8, 4) is 0 Å². The van der Waals surface area contributed by atoms with Gasteiger partial charge in [-0.15, -0.1) is 11.3 Å². The van der Waals surface area contributed by atoms with E-state index in [-0.39, 0.29) is 17.4 Å². The molecule has 2 aromatic heterocycles. The molecule has 1 N–H and O–H groups in total. The number of hydrogen-bond acceptors (Lipinski definition) is 7. The van der Waals surface area contributed by atoms with Crippen LogP contribution in [0.2, 0.25) is 0 Å². The van der Waals surface area contributed by atoms with Crippen LogP contribution in [0.4, 0.5) is 11.6 Å². The van der Waals surface area contributed by atoms with Crippen LogP contribution in [0.3, 0.4) is 0 Å². The third kappa shape index (κ3) is 2.63. The number of anilines is 1. The summed E-state index contributed by atoms with van der Waals surface area (Å²) in [5.41, 5.74) is 2.31. The average molecular weight is 393 g/mol. The van der Waals surface area contributed by atoms with E-state index in [4.69, 9.17) is 0 Å². The fourth-order valence-electron chi connectivity index (χ4n) is 3.96. The number of allylic oxidation sites excluding steroid dienone is 2. The zero-order valence-corrected chi connectivity index (χ0v) is 15.4. The summed E-state index contributed by atoms with van der Waals surface area (Å²) >= 11 is 1.66. The number of ketones is 1. The van der Waals surface area contributed by atoms with Crippen molar-refractivity contribution in [1.29, 1.82) is 0 Å². The number of nitrogens with zero attached hydrogens (tertiary/aromatic N) is 4. The van der Waals surface area contributed by atoms with Gasteiger partial charge in [-0.05, 0) is 35.6 Å². The molecule has 1 aromatic carbocycles. The Balaban J connectivity index is 1.59. The number of non-ortho nitro benzene ring substituents is 1. The molecule has 8 nitrogen and oxygen atoms in total. The van der Waals surface area contributed by atoms with Crippen LogP contribution in [-0.2, 0) is 4.79 Å². The maximum absolute atomic E-state index is 13.2. The molecule has 1 aliphatic heterocycles. The van der Waals surface area contributed by atoms with Crippen LogP contribution < -0.4 is 5.32 Å². The fraction of sp³-hybridized carbons (Fsp3) is 0.211. The van der Waals surface area contributed by atoms with E-state index in [0.717, 1.165) is 17.7 Å². The van der Waals surface area contributed by atoms with Crippen molar-refractivity contribution in [2.24, 2.45) is 0 Å². The predicted molar refractivity (Wildman–Crippen MR) is 103 cm³/mol. The lowest BCUT2D eigenvalue weighted by molar-refractivity contribution is -0.384. The molecular weight excluding hydrogens is 378 g/mol. The lowest BCUT2D eigenvalue weighted by atomic mass is 9.80. The first-order chi connectivity index (χ1) is 13.6. The molecule has 28 heavy (non-hydrogen) atoms. The molecule has 0 spiro atoms. The van der Waals surface area contributed by atoms with Crippen LogP contribution in [0.1, 0.15) is 35.2 Å². The minimum Gasteiger partial charge on any atom is -0.328 e. The molecule has 3 heterocycles. The number of benzene rings is 1. The number of nitro groups is 1. The Labute approximate surface area is 163 Å². The Hall–Kier alpha value is -3.33. The Morgan fingerprint density at radius 2 is 2.04 bits per heavy atom. The van der Waals surface area contributed by atoms with Crippen LogP contribution in [-0.4, -0.2) is 25.5 Å². The fourth-order valence-corrected chi connectivity index (χ4v) is 4.79. The van der Waals surface area contributed by atoms with Crippen molar-refractivity contribution >= 4 is 28.8 Å². The van der Waals surface area contributed by atoms with Crippen molar-refractivity contribution in [3.05, 3.63) is 79.9 Å². The second kappa shape index (κ2) is 6.38. The molecule has 0 bridgehead atoms. The number of Topliss-reactive ketones (excluding diaryl/α,β-unsaturated/α-hetero) is 1. The molecule has 0 saturated carbocycles. The van der Waals surface area contributed by atoms with Gasteiger partial charge in [-0.3, -0.25) is 14.9 Å². The number of nitrogens with one attached hydrogen (secondary N) is 1. The number of fused-ring (bicyclic) bond motifs is 1. The zero-order chi connectivity index (χ0) is 19.3. The highest BCUT2D eigenvalue weighted by Crippen LogP contribution is 2.44. The molecule has 3 aromatic rings. The van der Waals surface area contributed by atoms with Gasteiger partial charge in [-0.2, -0.15) is 10.1 Å². The number of carbonyl (C=O) groups is 1. The predicted octanol–water partition coefficient (Wildman–Crippen LogP) is 3.66. The van der Waals surface area contributed by atoms with Gasteiger partial charge >= 0.3 is 0 Å². The van der Waals surface area contributed by atoms with E-state index >= 15 is 0 Å². The van der Waals surface area contributed by atoms with E-state index in [1.807, 2.05) is 11.4 Å². The summed E-state index contributed by atoms with van der Waals surface area (Å²) < 4.78 is 1.67. The molecule has 2 atom stereocenters. The Bertz CT molecular complexity index is 1100. The lowest BCUT2D eigenvalue weighted by Gasteiger charge is -2.34. The summed E-state index contributed by atoms with van der Waals surface area (Å²) in [5.74, 6) is 0.782. The third-order valence-electron chi connectivity index (χ3n) is 5.23. The molecule has 0 saturated heterocycles. The van der Waals surface area contributed by atoms with Gasteiger partial charge in [0.2, 0.25) is 5.95 Å². The largest absolute Gasteiger partial charge is 0.328 e. The number of thiophene rings is 1. The van der Waals surface area contributed by atoms with Gasteiger partial charge in [0.05, 0.1) is 4.92 Å². The Morgan fingerprint density at radius 1 is 1.21 bits per heavy atom. The summed E-state index contributed by atoms with van der Waals surface area (Å²) in [5, 5.41) is 20.6. The van der Waals surface area contributed by atoms with Gasteiger partial charge < -0.3 is 5.32 Å². The molecule has 140 valence electrons. The van der Waals surface area contributed by atoms with E-state index in [1.54, 1.807) is 28.2 Å². The highest BCUT2D eigenvalue weighted by Gasteiger charge is 2.39. The van der Waals surface area contributed by atoms with E-state index in [0.29, 0.717) is 17.9 Å². The van der Waals surface area contributed by atoms with Gasteiger partial charge in [-0.1, -0.05) is 6.07 Å².